The third-order valence-corrected chi connectivity index (χ3v) is 7.61. The normalized spacial score (nSPS) is 19.0. The van der Waals surface area contributed by atoms with Crippen molar-refractivity contribution in [2.24, 2.45) is 13.0 Å². The maximum atomic E-state index is 12.5. The number of nitrogens with zero attached hydrogens (tertiary/aromatic N) is 3. The van der Waals surface area contributed by atoms with E-state index in [4.69, 9.17) is 0 Å². The van der Waals surface area contributed by atoms with Crippen LogP contribution >= 0.6 is 11.8 Å². The van der Waals surface area contributed by atoms with Crippen molar-refractivity contribution in [2.75, 3.05) is 17.3 Å². The van der Waals surface area contributed by atoms with E-state index in [0.717, 1.165) is 22.5 Å². The van der Waals surface area contributed by atoms with Crippen molar-refractivity contribution in [3.63, 3.8) is 0 Å². The summed E-state index contributed by atoms with van der Waals surface area (Å²) in [7, 11) is -1.02. The summed E-state index contributed by atoms with van der Waals surface area (Å²) in [5, 5.41) is 9.05. The summed E-state index contributed by atoms with van der Waals surface area (Å²) in [5.74, 6) is 1.75. The van der Waals surface area contributed by atoms with E-state index in [1.807, 2.05) is 43.7 Å². The molecule has 1 unspecified atom stereocenters. The number of thioether (sulfide) groups is 1. The topological polar surface area (TPSA) is 81.9 Å². The van der Waals surface area contributed by atoms with E-state index >= 15 is 0 Å². The van der Waals surface area contributed by atoms with E-state index in [1.165, 1.54) is 11.8 Å². The molecule has 2 aromatic rings. The number of aryl methyl sites for hydroxylation is 2. The number of Topliss-reactive ketones (excluding diaryl/α,β-unsaturated/α-hetero) is 1. The Morgan fingerprint density at radius 3 is 2.77 bits per heavy atom. The van der Waals surface area contributed by atoms with Gasteiger partial charge in [-0.2, -0.15) is 0 Å². The molecule has 140 valence electrons. The first kappa shape index (κ1) is 19.1. The lowest BCUT2D eigenvalue weighted by atomic mass is 10.0. The Bertz CT molecular complexity index is 935. The number of aromatic nitrogens is 3. The molecule has 3 rings (SSSR count). The summed E-state index contributed by atoms with van der Waals surface area (Å²) in [5.41, 5.74) is 2.79. The van der Waals surface area contributed by atoms with Crippen LogP contribution in [0.1, 0.15) is 33.7 Å². The standard InChI is InChI=1S/C18H23N3O3S2/c1-12-4-5-13(2)15(8-12)16(22)10-25-18-20-19-17(21(18)3)9-14-6-7-26(23,24)11-14/h4-5,8,14H,6-7,9-11H2,1-3H3. The highest BCUT2D eigenvalue weighted by Gasteiger charge is 2.29. The van der Waals surface area contributed by atoms with Gasteiger partial charge < -0.3 is 4.57 Å². The molecule has 1 aromatic carbocycles. The average Bonchev–Trinajstić information content (AvgIpc) is 3.10. The second kappa shape index (κ2) is 7.52. The number of sulfone groups is 1. The van der Waals surface area contributed by atoms with Gasteiger partial charge in [-0.15, -0.1) is 10.2 Å². The molecule has 1 atom stereocenters. The molecule has 2 heterocycles. The summed E-state index contributed by atoms with van der Waals surface area (Å²) in [4.78, 5) is 12.5. The van der Waals surface area contributed by atoms with E-state index in [-0.39, 0.29) is 23.2 Å². The fourth-order valence-corrected chi connectivity index (χ4v) is 5.86. The highest BCUT2D eigenvalue weighted by atomic mass is 32.2. The zero-order valence-corrected chi connectivity index (χ0v) is 16.9. The predicted octanol–water partition coefficient (Wildman–Crippen LogP) is 2.38. The maximum absolute atomic E-state index is 12.5. The molecule has 1 aliphatic heterocycles. The maximum Gasteiger partial charge on any atom is 0.191 e. The third kappa shape index (κ3) is 4.35. The summed E-state index contributed by atoms with van der Waals surface area (Å²) in [6.45, 7) is 3.91. The van der Waals surface area contributed by atoms with Gasteiger partial charge in [0, 0.05) is 19.0 Å². The van der Waals surface area contributed by atoms with Crippen LogP contribution in [0.2, 0.25) is 0 Å². The van der Waals surface area contributed by atoms with Crippen molar-refractivity contribution >= 4 is 27.4 Å². The van der Waals surface area contributed by atoms with E-state index in [0.29, 0.717) is 23.8 Å². The lowest BCUT2D eigenvalue weighted by molar-refractivity contribution is 0.102. The Morgan fingerprint density at radius 2 is 2.08 bits per heavy atom. The van der Waals surface area contributed by atoms with Gasteiger partial charge in [0.25, 0.3) is 0 Å². The Labute approximate surface area is 158 Å². The molecule has 0 N–H and O–H groups in total. The molecule has 1 saturated heterocycles. The highest BCUT2D eigenvalue weighted by molar-refractivity contribution is 7.99. The molecule has 8 heteroatoms. The Morgan fingerprint density at radius 1 is 1.31 bits per heavy atom. The first-order valence-electron chi connectivity index (χ1n) is 8.57. The zero-order valence-electron chi connectivity index (χ0n) is 15.2. The van der Waals surface area contributed by atoms with E-state index < -0.39 is 9.84 Å². The average molecular weight is 394 g/mol. The van der Waals surface area contributed by atoms with E-state index in [9.17, 15) is 13.2 Å². The fourth-order valence-electron chi connectivity index (χ4n) is 3.18. The van der Waals surface area contributed by atoms with Gasteiger partial charge in [0.2, 0.25) is 0 Å². The van der Waals surface area contributed by atoms with Crippen LogP contribution in [0.3, 0.4) is 0 Å². The van der Waals surface area contributed by atoms with Crippen molar-refractivity contribution in [3.8, 4) is 0 Å². The molecule has 0 bridgehead atoms. The van der Waals surface area contributed by atoms with Crippen molar-refractivity contribution < 1.29 is 13.2 Å². The van der Waals surface area contributed by atoms with Crippen LogP contribution in [-0.2, 0) is 23.3 Å². The van der Waals surface area contributed by atoms with Gasteiger partial charge in [0.05, 0.1) is 17.3 Å². The molecule has 0 radical (unpaired) electrons. The molecule has 0 saturated carbocycles. The number of hydrogen-bond acceptors (Lipinski definition) is 6. The quantitative estimate of drug-likeness (QED) is 0.554. The van der Waals surface area contributed by atoms with Crippen molar-refractivity contribution in [1.82, 2.24) is 14.8 Å². The molecular weight excluding hydrogens is 370 g/mol. The highest BCUT2D eigenvalue weighted by Crippen LogP contribution is 2.24. The largest absolute Gasteiger partial charge is 0.309 e. The van der Waals surface area contributed by atoms with Crippen LogP contribution in [0.15, 0.2) is 23.4 Å². The van der Waals surface area contributed by atoms with Gasteiger partial charge in [-0.1, -0.05) is 29.5 Å². The Hall–Kier alpha value is -1.67. The zero-order chi connectivity index (χ0) is 18.9. The molecule has 6 nitrogen and oxygen atoms in total. The smallest absolute Gasteiger partial charge is 0.191 e. The lowest BCUT2D eigenvalue weighted by Crippen LogP contribution is -2.11. The first-order chi connectivity index (χ1) is 12.2. The van der Waals surface area contributed by atoms with Crippen LogP contribution in [0.5, 0.6) is 0 Å². The van der Waals surface area contributed by atoms with Crippen molar-refractivity contribution in [3.05, 3.63) is 40.7 Å². The van der Waals surface area contributed by atoms with Crippen molar-refractivity contribution in [2.45, 2.75) is 31.8 Å². The van der Waals surface area contributed by atoms with Gasteiger partial charge in [-0.25, -0.2) is 8.42 Å². The Kier molecular flexibility index (Phi) is 5.53. The van der Waals surface area contributed by atoms with Gasteiger partial charge in [-0.05, 0) is 37.8 Å². The minimum atomic E-state index is -2.89. The lowest BCUT2D eigenvalue weighted by Gasteiger charge is -2.08. The summed E-state index contributed by atoms with van der Waals surface area (Å²) in [6, 6.07) is 5.88. The predicted molar refractivity (Wildman–Crippen MR) is 102 cm³/mol. The SMILES string of the molecule is Cc1ccc(C)c(C(=O)CSc2nnc(CC3CCS(=O)(=O)C3)n2C)c1. The van der Waals surface area contributed by atoms with Crippen molar-refractivity contribution in [1.29, 1.82) is 0 Å². The number of benzene rings is 1. The minimum Gasteiger partial charge on any atom is -0.309 e. The van der Waals surface area contributed by atoms with Crippen LogP contribution in [0.4, 0.5) is 0 Å². The summed E-state index contributed by atoms with van der Waals surface area (Å²) >= 11 is 1.36. The molecular formula is C18H23N3O3S2. The van der Waals surface area contributed by atoms with Crippen LogP contribution < -0.4 is 0 Å². The molecule has 1 fully saturated rings. The molecule has 0 amide bonds. The Balaban J connectivity index is 1.63. The number of rotatable bonds is 6. The minimum absolute atomic E-state index is 0.0719. The van der Waals surface area contributed by atoms with E-state index in [2.05, 4.69) is 10.2 Å². The van der Waals surface area contributed by atoms with E-state index in [1.54, 1.807) is 0 Å². The monoisotopic (exact) mass is 393 g/mol. The molecule has 0 spiro atoms. The van der Waals surface area contributed by atoms with Gasteiger partial charge in [0.15, 0.2) is 20.8 Å². The van der Waals surface area contributed by atoms with Crippen LogP contribution in [0.25, 0.3) is 0 Å². The fraction of sp³-hybridized carbons (Fsp3) is 0.500. The number of hydrogen-bond donors (Lipinski definition) is 0. The summed E-state index contributed by atoms with van der Waals surface area (Å²) < 4.78 is 25.1. The van der Waals surface area contributed by atoms with Gasteiger partial charge in [-0.3, -0.25) is 4.79 Å². The van der Waals surface area contributed by atoms with Gasteiger partial charge in [0.1, 0.15) is 5.82 Å². The first-order valence-corrected chi connectivity index (χ1v) is 11.4. The molecule has 1 aliphatic rings. The third-order valence-electron chi connectivity index (χ3n) is 4.75. The number of ketones is 1. The molecule has 1 aromatic heterocycles. The second-order valence-corrected chi connectivity index (χ2v) is 10.1. The number of carbonyl (C=O) groups excluding carboxylic acids is 1. The molecule has 0 aliphatic carbocycles. The number of carbonyl (C=O) groups is 1. The van der Waals surface area contributed by atoms with Gasteiger partial charge >= 0.3 is 0 Å². The van der Waals surface area contributed by atoms with Crippen LogP contribution in [-0.4, -0.2) is 46.2 Å². The van der Waals surface area contributed by atoms with Crippen LogP contribution in [0, 0.1) is 19.8 Å². The summed E-state index contributed by atoms with van der Waals surface area (Å²) in [6.07, 6.45) is 1.29. The second-order valence-electron chi connectivity index (χ2n) is 6.96. The molecule has 26 heavy (non-hydrogen) atoms.